The van der Waals surface area contributed by atoms with Crippen LogP contribution in [0, 0.1) is 0 Å². The summed E-state index contributed by atoms with van der Waals surface area (Å²) in [5.74, 6) is -1.83. The molecule has 0 aromatic heterocycles. The van der Waals surface area contributed by atoms with Crippen LogP contribution in [0.1, 0.15) is 35.7 Å². The molecule has 1 aliphatic rings. The van der Waals surface area contributed by atoms with Gasteiger partial charge in [-0.3, -0.25) is 9.59 Å². The largest absolute Gasteiger partial charge is 0.488 e. The number of rotatable bonds is 7. The lowest BCUT2D eigenvalue weighted by Crippen LogP contribution is -2.49. The predicted molar refractivity (Wildman–Crippen MR) is 94.6 cm³/mol. The second kappa shape index (κ2) is 8.68. The molecular weight excluding hydrogens is 380 g/mol. The zero-order chi connectivity index (χ0) is 20.2. The van der Waals surface area contributed by atoms with Gasteiger partial charge in [0.25, 0.3) is 5.91 Å². The third kappa shape index (κ3) is 5.40. The van der Waals surface area contributed by atoms with Gasteiger partial charge in [-0.05, 0) is 31.9 Å². The molecule has 2 rings (SSSR count). The first kappa shape index (κ1) is 21.1. The van der Waals surface area contributed by atoms with Crippen LogP contribution >= 0.6 is 0 Å². The van der Waals surface area contributed by atoms with Gasteiger partial charge >= 0.3 is 18.0 Å². The summed E-state index contributed by atoms with van der Waals surface area (Å²) in [5, 5.41) is 11.7. The highest BCUT2D eigenvalue weighted by atomic mass is 32.3. The Morgan fingerprint density at radius 3 is 2.81 bits per heavy atom. The van der Waals surface area contributed by atoms with Crippen LogP contribution in [0.5, 0.6) is 5.75 Å². The van der Waals surface area contributed by atoms with Crippen molar-refractivity contribution in [3.8, 4) is 5.75 Å². The van der Waals surface area contributed by atoms with Crippen LogP contribution in [-0.2, 0) is 21.8 Å². The average Bonchev–Trinajstić information content (AvgIpc) is 3.08. The number of hydrogen-bond donors (Lipinski definition) is 3. The number of nitrogens with one attached hydrogen (secondary N) is 1. The lowest BCUT2D eigenvalue weighted by atomic mass is 9.86. The van der Waals surface area contributed by atoms with Gasteiger partial charge in [0.1, 0.15) is 6.04 Å². The lowest BCUT2D eigenvalue weighted by molar-refractivity contribution is -0.132. The molecule has 0 saturated carbocycles. The van der Waals surface area contributed by atoms with Crippen molar-refractivity contribution in [2.75, 3.05) is 6.54 Å². The normalized spacial score (nSPS) is 18.1. The minimum absolute atomic E-state index is 0.0304. The minimum Gasteiger partial charge on any atom is -0.452 e. The molecule has 1 fully saturated rings. The van der Waals surface area contributed by atoms with Gasteiger partial charge in [0.15, 0.2) is 5.75 Å². The van der Waals surface area contributed by atoms with Gasteiger partial charge in [-0.1, -0.05) is 9.95 Å². The van der Waals surface area contributed by atoms with E-state index in [-0.39, 0.29) is 23.6 Å². The predicted octanol–water partition coefficient (Wildman–Crippen LogP) is -0.583. The number of nitrogens with two attached hydrogens (primary N) is 1. The van der Waals surface area contributed by atoms with Crippen LogP contribution in [0.25, 0.3) is 0 Å². The van der Waals surface area contributed by atoms with Crippen molar-refractivity contribution in [1.29, 1.82) is 0 Å². The molecule has 12 heteroatoms. The van der Waals surface area contributed by atoms with Gasteiger partial charge in [0, 0.05) is 30.2 Å². The molecule has 0 bridgehead atoms. The molecule has 2 unspecified atom stereocenters. The number of carbonyl (C=O) groups excluding carboxylic acids is 2. The minimum atomic E-state index is -5.28. The zero-order valence-electron chi connectivity index (χ0n) is 14.6. The van der Waals surface area contributed by atoms with Gasteiger partial charge < -0.3 is 25.2 Å². The quantitative estimate of drug-likeness (QED) is 0.411. The third-order valence-electron chi connectivity index (χ3n) is 4.21. The van der Waals surface area contributed by atoms with Crippen molar-refractivity contribution in [1.82, 2.24) is 10.2 Å². The first-order valence-electron chi connectivity index (χ1n) is 8.22. The van der Waals surface area contributed by atoms with Crippen LogP contribution in [0.3, 0.4) is 0 Å². The summed E-state index contributed by atoms with van der Waals surface area (Å²) in [6.07, 6.45) is 1.38. The van der Waals surface area contributed by atoms with Crippen molar-refractivity contribution < 1.29 is 31.1 Å². The molecule has 27 heavy (non-hydrogen) atoms. The van der Waals surface area contributed by atoms with Crippen LogP contribution in [-0.4, -0.2) is 56.2 Å². The molecular formula is C15H20BFN3O6S. The smallest absolute Gasteiger partial charge is 0.452 e. The van der Waals surface area contributed by atoms with Crippen molar-refractivity contribution in [3.05, 3.63) is 29.3 Å². The molecule has 1 saturated heterocycles. The van der Waals surface area contributed by atoms with Gasteiger partial charge in [-0.25, -0.2) is 0 Å². The van der Waals surface area contributed by atoms with Crippen LogP contribution in [0.2, 0.25) is 0 Å². The molecule has 1 heterocycles. The Hall–Kier alpha value is -2.18. The Morgan fingerprint density at radius 1 is 1.52 bits per heavy atom. The highest BCUT2D eigenvalue weighted by Crippen LogP contribution is 2.23. The van der Waals surface area contributed by atoms with E-state index in [4.69, 9.17) is 5.73 Å². The highest BCUT2D eigenvalue weighted by molar-refractivity contribution is 7.81. The van der Waals surface area contributed by atoms with E-state index in [9.17, 15) is 26.9 Å². The molecule has 9 nitrogen and oxygen atoms in total. The summed E-state index contributed by atoms with van der Waals surface area (Å²) in [4.78, 5) is 26.3. The van der Waals surface area contributed by atoms with E-state index in [1.807, 2.05) is 0 Å². The Labute approximate surface area is 157 Å². The van der Waals surface area contributed by atoms with Crippen LogP contribution in [0.15, 0.2) is 18.2 Å². The summed E-state index contributed by atoms with van der Waals surface area (Å²) in [7, 11) is -4.33. The van der Waals surface area contributed by atoms with E-state index in [1.54, 1.807) is 0 Å². The number of benzene rings is 1. The molecule has 0 spiro atoms. The number of hydrogen-bond acceptors (Lipinski definition) is 7. The SMILES string of the molecule is CC(NC(=O)c1ccc(CN)c(OS(=O)(=O)F)c1)C(=O)N1CCCC1[B]O. The van der Waals surface area contributed by atoms with Crippen molar-refractivity contribution in [2.45, 2.75) is 38.3 Å². The second-order valence-corrected chi connectivity index (χ2v) is 7.04. The molecule has 1 aliphatic heterocycles. The Morgan fingerprint density at radius 2 is 2.22 bits per heavy atom. The molecule has 1 aromatic rings. The number of carbonyl (C=O) groups is 2. The topological polar surface area (TPSA) is 139 Å². The monoisotopic (exact) mass is 400 g/mol. The number of amides is 2. The lowest BCUT2D eigenvalue weighted by Gasteiger charge is -2.26. The molecule has 0 aliphatic carbocycles. The van der Waals surface area contributed by atoms with Gasteiger partial charge in [0.2, 0.25) is 5.91 Å². The van der Waals surface area contributed by atoms with Crippen molar-refractivity contribution in [3.63, 3.8) is 0 Å². The fraction of sp³-hybridized carbons (Fsp3) is 0.467. The van der Waals surface area contributed by atoms with E-state index in [0.717, 1.165) is 20.0 Å². The maximum atomic E-state index is 12.8. The first-order valence-corrected chi connectivity index (χ1v) is 9.53. The molecule has 1 radical (unpaired) electrons. The maximum absolute atomic E-state index is 12.8. The summed E-state index contributed by atoms with van der Waals surface area (Å²) in [6.45, 7) is 1.83. The molecule has 2 atom stereocenters. The maximum Gasteiger partial charge on any atom is 0.488 e. The van der Waals surface area contributed by atoms with E-state index in [1.165, 1.54) is 24.0 Å². The van der Waals surface area contributed by atoms with Gasteiger partial charge in [-0.2, -0.15) is 8.42 Å². The van der Waals surface area contributed by atoms with Crippen molar-refractivity contribution >= 4 is 29.8 Å². The fourth-order valence-electron chi connectivity index (χ4n) is 2.86. The van der Waals surface area contributed by atoms with Crippen molar-refractivity contribution in [2.24, 2.45) is 5.73 Å². The number of nitrogens with zero attached hydrogens (tertiary/aromatic N) is 1. The first-order chi connectivity index (χ1) is 12.7. The standard InChI is InChI=1S/C15H20BFN3O6S/c1-9(15(22)20-6-2-3-13(20)16-23)19-14(21)10-4-5-11(8-18)12(7-10)26-27(17,24)25/h4-5,7,9,13,23H,2-3,6,8,18H2,1H3,(H,19,21). The average molecular weight is 400 g/mol. The molecule has 2 amide bonds. The molecule has 4 N–H and O–H groups in total. The fourth-order valence-corrected chi connectivity index (χ4v) is 3.23. The number of likely N-dealkylation sites (tertiary alicyclic amines) is 1. The van der Waals surface area contributed by atoms with E-state index in [2.05, 4.69) is 9.50 Å². The summed E-state index contributed by atoms with van der Waals surface area (Å²) in [5.41, 5.74) is 5.60. The Kier molecular flexibility index (Phi) is 6.79. The Balaban J connectivity index is 2.13. The highest BCUT2D eigenvalue weighted by Gasteiger charge is 2.32. The third-order valence-corrected chi connectivity index (χ3v) is 4.59. The van der Waals surface area contributed by atoms with Gasteiger partial charge in [-0.15, -0.1) is 0 Å². The van der Waals surface area contributed by atoms with E-state index >= 15 is 0 Å². The zero-order valence-corrected chi connectivity index (χ0v) is 15.4. The van der Waals surface area contributed by atoms with Crippen LogP contribution < -0.4 is 15.2 Å². The van der Waals surface area contributed by atoms with E-state index in [0.29, 0.717) is 13.0 Å². The van der Waals surface area contributed by atoms with Crippen LogP contribution in [0.4, 0.5) is 3.89 Å². The second-order valence-electron chi connectivity index (χ2n) is 6.09. The number of halogens is 1. The molecule has 147 valence electrons. The Bertz CT molecular complexity index is 822. The summed E-state index contributed by atoms with van der Waals surface area (Å²) in [6, 6.07) is 2.83. The molecule has 1 aromatic carbocycles. The van der Waals surface area contributed by atoms with E-state index < -0.39 is 34.1 Å². The van der Waals surface area contributed by atoms with Gasteiger partial charge in [0.05, 0.1) is 0 Å². The summed E-state index contributed by atoms with van der Waals surface area (Å²) < 4.78 is 38.5. The summed E-state index contributed by atoms with van der Waals surface area (Å²) >= 11 is 0.